The van der Waals surface area contributed by atoms with Crippen LogP contribution in [0, 0.1) is 5.82 Å². The third-order valence-corrected chi connectivity index (χ3v) is 7.16. The summed E-state index contributed by atoms with van der Waals surface area (Å²) < 4.78 is 61.7. The van der Waals surface area contributed by atoms with Crippen molar-refractivity contribution in [2.75, 3.05) is 6.61 Å². The summed E-state index contributed by atoms with van der Waals surface area (Å²) in [5.41, 5.74) is 1.71. The fraction of sp³-hybridized carbons (Fsp3) is 0.206. The number of aromatic nitrogens is 3. The molecule has 5 aromatic rings. The number of pyridine rings is 1. The Morgan fingerprint density at radius 3 is 2.39 bits per heavy atom. The number of ether oxygens (including phenoxy) is 1. The quantitative estimate of drug-likeness (QED) is 0.153. The van der Waals surface area contributed by atoms with Crippen molar-refractivity contribution in [2.24, 2.45) is 0 Å². The molecule has 0 spiro atoms. The molecule has 226 valence electrons. The maximum absolute atomic E-state index is 14.0. The predicted molar refractivity (Wildman–Crippen MR) is 158 cm³/mol. The van der Waals surface area contributed by atoms with Gasteiger partial charge in [-0.2, -0.15) is 13.2 Å². The molecule has 2 aromatic heterocycles. The number of carbonyl (C=O) groups excluding carboxylic acids is 1. The molecule has 0 bridgehead atoms. The van der Waals surface area contributed by atoms with Crippen molar-refractivity contribution >= 4 is 5.91 Å². The van der Waals surface area contributed by atoms with Gasteiger partial charge in [0, 0.05) is 36.4 Å². The Kier molecular flexibility index (Phi) is 9.08. The molecule has 3 aromatic carbocycles. The SMILES string of the molecule is CCOc1ccc(-n2cc(-c3ccccc3)nc2[C@@H](C)N(Cc2cccnc2)C(=O)Cc2ccc(F)c(C(F)(F)F)c2)cc1. The fourth-order valence-corrected chi connectivity index (χ4v) is 4.96. The van der Waals surface area contributed by atoms with Crippen LogP contribution in [0.15, 0.2) is 104 Å². The van der Waals surface area contributed by atoms with Crippen molar-refractivity contribution in [3.8, 4) is 22.7 Å². The normalized spacial score (nSPS) is 12.1. The second-order valence-electron chi connectivity index (χ2n) is 10.2. The summed E-state index contributed by atoms with van der Waals surface area (Å²) in [6.45, 7) is 4.37. The fourth-order valence-electron chi connectivity index (χ4n) is 4.96. The van der Waals surface area contributed by atoms with E-state index in [0.29, 0.717) is 29.9 Å². The number of alkyl halides is 3. The molecule has 1 amide bonds. The van der Waals surface area contributed by atoms with Crippen LogP contribution in [0.3, 0.4) is 0 Å². The first-order valence-electron chi connectivity index (χ1n) is 14.1. The van der Waals surface area contributed by atoms with Crippen LogP contribution in [-0.4, -0.2) is 31.9 Å². The first-order valence-corrected chi connectivity index (χ1v) is 14.1. The second-order valence-corrected chi connectivity index (χ2v) is 10.2. The average molecular weight is 603 g/mol. The number of hydrogen-bond donors (Lipinski definition) is 0. The van der Waals surface area contributed by atoms with E-state index in [4.69, 9.17) is 9.72 Å². The van der Waals surface area contributed by atoms with Crippen molar-refractivity contribution in [1.82, 2.24) is 19.4 Å². The molecular weight excluding hydrogens is 572 g/mol. The van der Waals surface area contributed by atoms with Crippen molar-refractivity contribution < 1.29 is 27.1 Å². The van der Waals surface area contributed by atoms with E-state index >= 15 is 0 Å². The maximum atomic E-state index is 14.0. The zero-order valence-electron chi connectivity index (χ0n) is 24.1. The Hall–Kier alpha value is -4.99. The summed E-state index contributed by atoms with van der Waals surface area (Å²) in [5, 5.41) is 0. The van der Waals surface area contributed by atoms with Gasteiger partial charge in [0.25, 0.3) is 0 Å². The first-order chi connectivity index (χ1) is 21.1. The summed E-state index contributed by atoms with van der Waals surface area (Å²) in [6, 6.07) is 22.6. The summed E-state index contributed by atoms with van der Waals surface area (Å²) in [6.07, 6.45) is -0.132. The van der Waals surface area contributed by atoms with Gasteiger partial charge in [0.2, 0.25) is 5.91 Å². The minimum Gasteiger partial charge on any atom is -0.494 e. The Bertz CT molecular complexity index is 1710. The number of rotatable bonds is 10. The third kappa shape index (κ3) is 6.96. The molecule has 0 aliphatic heterocycles. The van der Waals surface area contributed by atoms with Gasteiger partial charge < -0.3 is 14.2 Å². The molecule has 6 nitrogen and oxygen atoms in total. The van der Waals surface area contributed by atoms with Gasteiger partial charge in [0.15, 0.2) is 0 Å². The van der Waals surface area contributed by atoms with Crippen LogP contribution in [-0.2, 0) is 23.9 Å². The topological polar surface area (TPSA) is 60.2 Å². The van der Waals surface area contributed by atoms with E-state index < -0.39 is 29.5 Å². The average Bonchev–Trinajstić information content (AvgIpc) is 3.47. The predicted octanol–water partition coefficient (Wildman–Crippen LogP) is 7.82. The van der Waals surface area contributed by atoms with Crippen LogP contribution in [0.25, 0.3) is 16.9 Å². The molecule has 2 heterocycles. The van der Waals surface area contributed by atoms with E-state index in [0.717, 1.165) is 22.9 Å². The van der Waals surface area contributed by atoms with E-state index in [9.17, 15) is 22.4 Å². The smallest absolute Gasteiger partial charge is 0.419 e. The Morgan fingerprint density at radius 2 is 1.73 bits per heavy atom. The van der Waals surface area contributed by atoms with Crippen molar-refractivity contribution in [3.05, 3.63) is 132 Å². The van der Waals surface area contributed by atoms with Crippen LogP contribution in [0.4, 0.5) is 17.6 Å². The molecule has 0 fully saturated rings. The number of halogens is 4. The Balaban J connectivity index is 1.56. The van der Waals surface area contributed by atoms with Crippen LogP contribution in [0.2, 0.25) is 0 Å². The van der Waals surface area contributed by atoms with Crippen LogP contribution < -0.4 is 4.74 Å². The van der Waals surface area contributed by atoms with Gasteiger partial charge in [-0.1, -0.05) is 42.5 Å². The molecule has 1 atom stereocenters. The summed E-state index contributed by atoms with van der Waals surface area (Å²) in [7, 11) is 0. The van der Waals surface area contributed by atoms with Crippen molar-refractivity contribution in [1.29, 1.82) is 0 Å². The van der Waals surface area contributed by atoms with Crippen LogP contribution >= 0.6 is 0 Å². The lowest BCUT2D eigenvalue weighted by Gasteiger charge is -2.30. The highest BCUT2D eigenvalue weighted by Crippen LogP contribution is 2.33. The van der Waals surface area contributed by atoms with Crippen LogP contribution in [0.1, 0.15) is 42.4 Å². The molecule has 0 saturated carbocycles. The highest BCUT2D eigenvalue weighted by atomic mass is 19.4. The van der Waals surface area contributed by atoms with Gasteiger partial charge >= 0.3 is 6.18 Å². The number of benzene rings is 3. The van der Waals surface area contributed by atoms with Crippen LogP contribution in [0.5, 0.6) is 5.75 Å². The maximum Gasteiger partial charge on any atom is 0.419 e. The molecular formula is C34H30F4N4O2. The van der Waals surface area contributed by atoms with Crippen molar-refractivity contribution in [3.63, 3.8) is 0 Å². The molecule has 0 aliphatic rings. The third-order valence-electron chi connectivity index (χ3n) is 7.16. The molecule has 5 rings (SSSR count). The van der Waals surface area contributed by atoms with E-state index in [2.05, 4.69) is 4.98 Å². The zero-order chi connectivity index (χ0) is 31.3. The monoisotopic (exact) mass is 602 g/mol. The largest absolute Gasteiger partial charge is 0.494 e. The summed E-state index contributed by atoms with van der Waals surface area (Å²) in [5.74, 6) is -0.593. The Morgan fingerprint density at radius 1 is 0.977 bits per heavy atom. The first kappa shape index (κ1) is 30.5. The van der Waals surface area contributed by atoms with Gasteiger partial charge in [-0.05, 0) is 67.4 Å². The Labute approximate surface area is 252 Å². The number of hydrogen-bond acceptors (Lipinski definition) is 4. The minimum absolute atomic E-state index is 0.0481. The zero-order valence-corrected chi connectivity index (χ0v) is 24.1. The van der Waals surface area contributed by atoms with E-state index in [-0.39, 0.29) is 18.5 Å². The standard InChI is InChI=1S/C34H30F4N4O2/c1-3-44-28-14-12-27(13-15-28)42-22-31(26-9-5-4-6-10-26)40-33(42)23(2)41(21-25-8-7-17-39-20-25)32(43)19-24-11-16-30(35)29(18-24)34(36,37)38/h4-18,20,22-23H,3,19,21H2,1-2H3/t23-/m1/s1. The lowest BCUT2D eigenvalue weighted by atomic mass is 10.1. The van der Waals surface area contributed by atoms with Gasteiger partial charge in [0.05, 0.1) is 30.3 Å². The van der Waals surface area contributed by atoms with Gasteiger partial charge in [-0.25, -0.2) is 9.37 Å². The van der Waals surface area contributed by atoms with Crippen molar-refractivity contribution in [2.45, 2.75) is 39.0 Å². The number of amides is 1. The van der Waals surface area contributed by atoms with E-state index in [1.807, 2.05) is 85.3 Å². The second kappa shape index (κ2) is 13.1. The van der Waals surface area contributed by atoms with Gasteiger partial charge in [-0.15, -0.1) is 0 Å². The summed E-state index contributed by atoms with van der Waals surface area (Å²) in [4.78, 5) is 24.6. The highest BCUT2D eigenvalue weighted by Gasteiger charge is 2.35. The summed E-state index contributed by atoms with van der Waals surface area (Å²) >= 11 is 0. The molecule has 0 N–H and O–H groups in total. The van der Waals surface area contributed by atoms with E-state index in [1.54, 1.807) is 23.4 Å². The van der Waals surface area contributed by atoms with Gasteiger partial charge in [-0.3, -0.25) is 9.78 Å². The minimum atomic E-state index is -4.89. The molecule has 10 heteroatoms. The molecule has 0 unspecified atom stereocenters. The lowest BCUT2D eigenvalue weighted by molar-refractivity contribution is -0.140. The number of imidazole rings is 1. The lowest BCUT2D eigenvalue weighted by Crippen LogP contribution is -2.35. The van der Waals surface area contributed by atoms with E-state index in [1.165, 1.54) is 6.07 Å². The molecule has 44 heavy (non-hydrogen) atoms. The number of nitrogens with zero attached hydrogens (tertiary/aromatic N) is 4. The molecule has 0 saturated heterocycles. The molecule has 0 radical (unpaired) electrons. The molecule has 0 aliphatic carbocycles. The highest BCUT2D eigenvalue weighted by molar-refractivity contribution is 5.79. The number of carbonyl (C=O) groups is 1. The van der Waals surface area contributed by atoms with Gasteiger partial charge in [0.1, 0.15) is 17.4 Å².